The van der Waals surface area contributed by atoms with E-state index in [4.69, 9.17) is 27.9 Å². The highest BCUT2D eigenvalue weighted by Crippen LogP contribution is 2.25. The number of amides is 2. The van der Waals surface area contributed by atoms with E-state index in [1.54, 1.807) is 29.2 Å². The maximum atomic E-state index is 13.3. The minimum atomic E-state index is -0.625. The molecule has 3 rings (SSSR count). The monoisotopic (exact) mass is 554 g/mol. The Balaban J connectivity index is 1.79. The molecule has 5 nitrogen and oxygen atoms in total. The Hall–Kier alpha value is -1.76. The van der Waals surface area contributed by atoms with Gasteiger partial charge >= 0.3 is 0 Å². The van der Waals surface area contributed by atoms with Crippen LogP contribution in [-0.2, 0) is 16.1 Å². The van der Waals surface area contributed by atoms with E-state index in [1.807, 2.05) is 26.0 Å². The van der Waals surface area contributed by atoms with E-state index in [0.717, 1.165) is 41.3 Å². The Morgan fingerprint density at radius 1 is 1.18 bits per heavy atom. The summed E-state index contributed by atoms with van der Waals surface area (Å²) in [5.74, 6) is 0.175. The van der Waals surface area contributed by atoms with Gasteiger partial charge < -0.3 is 15.0 Å². The summed E-state index contributed by atoms with van der Waals surface area (Å²) >= 11 is 15.9. The predicted molar refractivity (Wildman–Crippen MR) is 136 cm³/mol. The number of ether oxygens (including phenoxy) is 1. The first-order valence-corrected chi connectivity index (χ1v) is 12.8. The topological polar surface area (TPSA) is 58.6 Å². The SMILES string of the molecule is CC[C@@H](C(=O)NC1CCCC1)N(Cc1ccc(Cl)cc1Cl)C(=O)COc1ccc(Br)c(C)c1. The molecule has 0 aliphatic heterocycles. The molecule has 0 spiro atoms. The molecule has 33 heavy (non-hydrogen) atoms. The largest absolute Gasteiger partial charge is 0.484 e. The summed E-state index contributed by atoms with van der Waals surface area (Å²) < 4.78 is 6.75. The average Bonchev–Trinajstić information content (AvgIpc) is 3.28. The summed E-state index contributed by atoms with van der Waals surface area (Å²) in [5.41, 5.74) is 1.73. The number of nitrogens with zero attached hydrogens (tertiary/aromatic N) is 1. The van der Waals surface area contributed by atoms with Crippen LogP contribution in [0.15, 0.2) is 40.9 Å². The zero-order chi connectivity index (χ0) is 24.0. The van der Waals surface area contributed by atoms with Gasteiger partial charge in [-0.3, -0.25) is 9.59 Å². The minimum absolute atomic E-state index is 0.137. The highest BCUT2D eigenvalue weighted by Gasteiger charge is 2.31. The van der Waals surface area contributed by atoms with E-state index < -0.39 is 6.04 Å². The van der Waals surface area contributed by atoms with E-state index >= 15 is 0 Å². The molecular weight excluding hydrogens is 527 g/mol. The Kier molecular flexibility index (Phi) is 9.47. The summed E-state index contributed by atoms with van der Waals surface area (Å²) in [6.07, 6.45) is 4.67. The van der Waals surface area contributed by atoms with E-state index in [9.17, 15) is 9.59 Å². The van der Waals surface area contributed by atoms with Gasteiger partial charge in [0.15, 0.2) is 6.61 Å². The molecule has 1 saturated carbocycles. The highest BCUT2D eigenvalue weighted by atomic mass is 79.9. The molecule has 1 N–H and O–H groups in total. The Bertz CT molecular complexity index is 996. The Morgan fingerprint density at radius 3 is 2.55 bits per heavy atom. The summed E-state index contributed by atoms with van der Waals surface area (Å²) in [7, 11) is 0. The molecule has 0 heterocycles. The van der Waals surface area contributed by atoms with Gasteiger partial charge in [0.2, 0.25) is 5.91 Å². The lowest BCUT2D eigenvalue weighted by atomic mass is 10.1. The number of carbonyl (C=O) groups excluding carboxylic acids is 2. The molecule has 178 valence electrons. The molecule has 1 atom stereocenters. The van der Waals surface area contributed by atoms with Crippen molar-refractivity contribution >= 4 is 50.9 Å². The van der Waals surface area contributed by atoms with Gasteiger partial charge in [0.05, 0.1) is 0 Å². The van der Waals surface area contributed by atoms with Gasteiger partial charge in [0.1, 0.15) is 11.8 Å². The summed E-state index contributed by atoms with van der Waals surface area (Å²) in [6.45, 7) is 3.86. The van der Waals surface area contributed by atoms with Crippen LogP contribution in [0.5, 0.6) is 5.75 Å². The molecule has 0 radical (unpaired) electrons. The molecule has 1 aliphatic carbocycles. The first-order valence-electron chi connectivity index (χ1n) is 11.2. The fraction of sp³-hybridized carbons (Fsp3) is 0.440. The third-order valence-electron chi connectivity index (χ3n) is 5.93. The molecule has 2 amide bonds. The van der Waals surface area contributed by atoms with Gasteiger partial charge in [-0.25, -0.2) is 0 Å². The number of aryl methyl sites for hydroxylation is 1. The quantitative estimate of drug-likeness (QED) is 0.394. The smallest absolute Gasteiger partial charge is 0.261 e. The van der Waals surface area contributed by atoms with Gasteiger partial charge in [0, 0.05) is 27.1 Å². The molecule has 1 fully saturated rings. The molecule has 2 aromatic carbocycles. The van der Waals surface area contributed by atoms with Gasteiger partial charge in [-0.2, -0.15) is 0 Å². The molecule has 2 aromatic rings. The normalized spacial score (nSPS) is 14.7. The number of halogens is 3. The average molecular weight is 556 g/mol. The van der Waals surface area contributed by atoms with Crippen LogP contribution in [0.1, 0.15) is 50.2 Å². The van der Waals surface area contributed by atoms with Crippen molar-refractivity contribution in [3.63, 3.8) is 0 Å². The van der Waals surface area contributed by atoms with Crippen molar-refractivity contribution in [1.29, 1.82) is 0 Å². The molecule has 0 unspecified atom stereocenters. The van der Waals surface area contributed by atoms with Crippen molar-refractivity contribution in [2.24, 2.45) is 0 Å². The zero-order valence-corrected chi connectivity index (χ0v) is 22.0. The van der Waals surface area contributed by atoms with Crippen LogP contribution in [0, 0.1) is 6.92 Å². The Labute approximate surface area is 213 Å². The van der Waals surface area contributed by atoms with Gasteiger partial charge in [0.25, 0.3) is 5.91 Å². The van der Waals surface area contributed by atoms with Crippen molar-refractivity contribution in [3.8, 4) is 5.75 Å². The van der Waals surface area contributed by atoms with Crippen molar-refractivity contribution in [2.75, 3.05) is 6.61 Å². The minimum Gasteiger partial charge on any atom is -0.484 e. The predicted octanol–water partition coefficient (Wildman–Crippen LogP) is 6.31. The van der Waals surface area contributed by atoms with Crippen molar-refractivity contribution in [1.82, 2.24) is 10.2 Å². The third-order valence-corrected chi connectivity index (χ3v) is 7.41. The molecule has 1 aliphatic rings. The zero-order valence-electron chi connectivity index (χ0n) is 18.9. The number of hydrogen-bond acceptors (Lipinski definition) is 3. The molecule has 0 aromatic heterocycles. The van der Waals surface area contributed by atoms with Crippen LogP contribution in [0.3, 0.4) is 0 Å². The molecular formula is C25H29BrCl2N2O3. The second-order valence-electron chi connectivity index (χ2n) is 8.37. The van der Waals surface area contributed by atoms with Crippen LogP contribution in [0.4, 0.5) is 0 Å². The number of benzene rings is 2. The lowest BCUT2D eigenvalue weighted by molar-refractivity contribution is -0.143. The van der Waals surface area contributed by atoms with Gasteiger partial charge in [-0.1, -0.05) is 65.0 Å². The number of hydrogen-bond donors (Lipinski definition) is 1. The van der Waals surface area contributed by atoms with Crippen LogP contribution in [-0.4, -0.2) is 35.4 Å². The standard InChI is InChI=1S/C25H29BrCl2N2O3/c1-3-23(25(32)29-19-6-4-5-7-19)30(14-17-8-9-18(27)13-22(17)28)24(31)15-33-20-10-11-21(26)16(2)12-20/h8-13,19,23H,3-7,14-15H2,1-2H3,(H,29,32)/t23-/m0/s1. The first-order chi connectivity index (χ1) is 15.8. The third kappa shape index (κ3) is 7.11. The van der Waals surface area contributed by atoms with Crippen molar-refractivity contribution in [3.05, 3.63) is 62.0 Å². The lowest BCUT2D eigenvalue weighted by Gasteiger charge is -2.31. The summed E-state index contributed by atoms with van der Waals surface area (Å²) in [4.78, 5) is 28.1. The molecule has 0 saturated heterocycles. The molecule has 0 bridgehead atoms. The number of rotatable bonds is 9. The van der Waals surface area contributed by atoms with Crippen LogP contribution >= 0.6 is 39.1 Å². The van der Waals surface area contributed by atoms with Crippen LogP contribution in [0.25, 0.3) is 0 Å². The van der Waals surface area contributed by atoms with E-state index in [1.165, 1.54) is 0 Å². The number of nitrogens with one attached hydrogen (secondary N) is 1. The van der Waals surface area contributed by atoms with E-state index in [2.05, 4.69) is 21.2 Å². The summed E-state index contributed by atoms with van der Waals surface area (Å²) in [5, 5.41) is 4.10. The van der Waals surface area contributed by atoms with Crippen molar-refractivity contribution in [2.45, 2.75) is 64.6 Å². The maximum absolute atomic E-state index is 13.3. The fourth-order valence-corrected chi connectivity index (χ4v) is 4.77. The van der Waals surface area contributed by atoms with Crippen LogP contribution < -0.4 is 10.1 Å². The van der Waals surface area contributed by atoms with Gasteiger partial charge in [-0.15, -0.1) is 0 Å². The second-order valence-corrected chi connectivity index (χ2v) is 10.1. The fourth-order valence-electron chi connectivity index (χ4n) is 4.06. The van der Waals surface area contributed by atoms with E-state index in [0.29, 0.717) is 22.2 Å². The molecule has 8 heteroatoms. The van der Waals surface area contributed by atoms with E-state index in [-0.39, 0.29) is 31.0 Å². The lowest BCUT2D eigenvalue weighted by Crippen LogP contribution is -2.52. The highest BCUT2D eigenvalue weighted by molar-refractivity contribution is 9.10. The summed E-state index contributed by atoms with van der Waals surface area (Å²) in [6, 6.07) is 10.2. The van der Waals surface area contributed by atoms with Crippen LogP contribution in [0.2, 0.25) is 10.0 Å². The van der Waals surface area contributed by atoms with Gasteiger partial charge in [-0.05, 0) is 67.6 Å². The number of carbonyl (C=O) groups is 2. The second kappa shape index (κ2) is 12.1. The van der Waals surface area contributed by atoms with Crippen molar-refractivity contribution < 1.29 is 14.3 Å². The maximum Gasteiger partial charge on any atom is 0.261 e. The Morgan fingerprint density at radius 2 is 1.91 bits per heavy atom. The first kappa shape index (κ1) is 25.9.